The van der Waals surface area contributed by atoms with E-state index in [1.54, 1.807) is 6.07 Å². The molecule has 0 aliphatic rings. The third-order valence-electron chi connectivity index (χ3n) is 4.10. The van der Waals surface area contributed by atoms with Crippen LogP contribution in [0.2, 0.25) is 0 Å². The van der Waals surface area contributed by atoms with E-state index in [9.17, 15) is 26.4 Å². The quantitative estimate of drug-likeness (QED) is 0.655. The summed E-state index contributed by atoms with van der Waals surface area (Å²) in [4.78, 5) is 12.1. The van der Waals surface area contributed by atoms with Gasteiger partial charge in [-0.1, -0.05) is 24.3 Å². The normalized spacial score (nSPS) is 13.0. The first-order chi connectivity index (χ1) is 13.1. The van der Waals surface area contributed by atoms with Crippen LogP contribution < -0.4 is 9.47 Å². The molecule has 2 aromatic carbocycles. The average molecular weight is 416 g/mol. The molecule has 0 amide bonds. The van der Waals surface area contributed by atoms with E-state index in [1.165, 1.54) is 50.6 Å². The van der Waals surface area contributed by atoms with Crippen molar-refractivity contribution in [3.05, 3.63) is 54.1 Å². The summed E-state index contributed by atoms with van der Waals surface area (Å²) in [6, 6.07) is 10.9. The van der Waals surface area contributed by atoms with Gasteiger partial charge in [0, 0.05) is 18.1 Å². The molecule has 9 heteroatoms. The van der Waals surface area contributed by atoms with Gasteiger partial charge in [0.1, 0.15) is 23.0 Å². The Morgan fingerprint density at radius 2 is 1.68 bits per heavy atom. The third-order valence-corrected chi connectivity index (χ3v) is 5.79. The molecular weight excluding hydrogens is 397 g/mol. The molecule has 0 aliphatic carbocycles. The number of rotatable bonds is 8. The van der Waals surface area contributed by atoms with Crippen molar-refractivity contribution in [2.75, 3.05) is 20.0 Å². The minimum absolute atomic E-state index is 0.0969. The molecule has 0 unspecified atom stereocenters. The molecular formula is C19H19F3O5S. The van der Waals surface area contributed by atoms with Crippen LogP contribution in [0, 0.1) is 0 Å². The topological polar surface area (TPSA) is 69.7 Å². The highest BCUT2D eigenvalue weighted by Gasteiger charge is 2.43. The van der Waals surface area contributed by atoms with Gasteiger partial charge in [0.15, 0.2) is 9.84 Å². The second kappa shape index (κ2) is 8.64. The Balaban J connectivity index is 2.30. The third kappa shape index (κ3) is 5.25. The smallest absolute Gasteiger partial charge is 0.396 e. The zero-order valence-electron chi connectivity index (χ0n) is 15.2. The van der Waals surface area contributed by atoms with E-state index < -0.39 is 39.9 Å². The summed E-state index contributed by atoms with van der Waals surface area (Å²) in [5.74, 6) is -4.06. The summed E-state index contributed by atoms with van der Waals surface area (Å²) in [6.07, 6.45) is -5.79. The number of carbonyl (C=O) groups is 1. The monoisotopic (exact) mass is 416 g/mol. The summed E-state index contributed by atoms with van der Waals surface area (Å²) < 4.78 is 75.4. The molecule has 2 rings (SSSR count). The molecule has 28 heavy (non-hydrogen) atoms. The lowest BCUT2D eigenvalue weighted by Crippen LogP contribution is -2.27. The highest BCUT2D eigenvalue weighted by atomic mass is 32.2. The Hall–Kier alpha value is -2.55. The van der Waals surface area contributed by atoms with Crippen molar-refractivity contribution in [1.29, 1.82) is 0 Å². The zero-order chi connectivity index (χ0) is 20.9. The summed E-state index contributed by atoms with van der Waals surface area (Å²) >= 11 is 0. The van der Waals surface area contributed by atoms with Gasteiger partial charge < -0.3 is 9.47 Å². The lowest BCUT2D eigenvalue weighted by molar-refractivity contribution is -0.156. The number of methoxy groups -OCH3 is 2. The molecule has 152 valence electrons. The Labute approximate surface area is 161 Å². The predicted octanol–water partition coefficient (Wildman–Crippen LogP) is 3.78. The molecule has 0 heterocycles. The number of benzene rings is 2. The predicted molar refractivity (Wildman–Crippen MR) is 96.5 cm³/mol. The fraction of sp³-hybridized carbons (Fsp3) is 0.316. The lowest BCUT2D eigenvalue weighted by atomic mass is 9.92. The minimum atomic E-state index is -4.77. The Morgan fingerprint density at radius 1 is 1.04 bits per heavy atom. The molecule has 0 spiro atoms. The van der Waals surface area contributed by atoms with Gasteiger partial charge in [-0.15, -0.1) is 0 Å². The highest BCUT2D eigenvalue weighted by Crippen LogP contribution is 2.42. The summed E-state index contributed by atoms with van der Waals surface area (Å²) in [7, 11) is -1.47. The number of Topliss-reactive ketones (excluding diaryl/α,β-unsaturated/α-hetero) is 1. The maximum atomic E-state index is 13.6. The van der Waals surface area contributed by atoms with Crippen LogP contribution in [-0.4, -0.2) is 40.3 Å². The van der Waals surface area contributed by atoms with Crippen molar-refractivity contribution in [3.8, 4) is 11.5 Å². The van der Waals surface area contributed by atoms with E-state index in [2.05, 4.69) is 0 Å². The van der Waals surface area contributed by atoms with Gasteiger partial charge in [-0.05, 0) is 18.2 Å². The van der Waals surface area contributed by atoms with Crippen LogP contribution >= 0.6 is 0 Å². The van der Waals surface area contributed by atoms with Gasteiger partial charge in [0.05, 0.1) is 25.0 Å². The first kappa shape index (κ1) is 21.7. The largest absolute Gasteiger partial charge is 0.497 e. The average Bonchev–Trinajstić information content (AvgIpc) is 2.65. The van der Waals surface area contributed by atoms with Crippen LogP contribution in [-0.2, 0) is 14.6 Å². The second-order valence-corrected chi connectivity index (χ2v) is 8.01. The van der Waals surface area contributed by atoms with Crippen molar-refractivity contribution >= 4 is 15.6 Å². The SMILES string of the molecule is COc1ccc([C@H](CC(=O)CS(=O)(=O)c2ccccc2)C(F)(F)F)c(OC)c1. The van der Waals surface area contributed by atoms with Gasteiger partial charge in [-0.3, -0.25) is 4.79 Å². The lowest BCUT2D eigenvalue weighted by Gasteiger charge is -2.22. The minimum Gasteiger partial charge on any atom is -0.497 e. The van der Waals surface area contributed by atoms with Gasteiger partial charge >= 0.3 is 6.18 Å². The van der Waals surface area contributed by atoms with E-state index in [1.807, 2.05) is 0 Å². The number of hydrogen-bond donors (Lipinski definition) is 0. The number of halogens is 3. The van der Waals surface area contributed by atoms with Crippen molar-refractivity contribution < 1.29 is 35.9 Å². The van der Waals surface area contributed by atoms with E-state index in [4.69, 9.17) is 9.47 Å². The van der Waals surface area contributed by atoms with E-state index >= 15 is 0 Å². The van der Waals surface area contributed by atoms with E-state index in [0.29, 0.717) is 5.75 Å². The van der Waals surface area contributed by atoms with E-state index in [0.717, 1.165) is 6.07 Å². The fourth-order valence-corrected chi connectivity index (χ4v) is 4.00. The van der Waals surface area contributed by atoms with Crippen LogP contribution in [0.4, 0.5) is 13.2 Å². The summed E-state index contributed by atoms with van der Waals surface area (Å²) in [5, 5.41) is 0. The van der Waals surface area contributed by atoms with Crippen molar-refractivity contribution in [2.24, 2.45) is 0 Å². The molecule has 0 aliphatic heterocycles. The number of hydrogen-bond acceptors (Lipinski definition) is 5. The molecule has 0 aromatic heterocycles. The Bertz CT molecular complexity index is 924. The molecule has 2 aromatic rings. The van der Waals surface area contributed by atoms with Crippen LogP contribution in [0.15, 0.2) is 53.4 Å². The molecule has 0 N–H and O–H groups in total. The second-order valence-electron chi connectivity index (χ2n) is 6.02. The Kier molecular flexibility index (Phi) is 6.71. The van der Waals surface area contributed by atoms with Crippen molar-refractivity contribution in [2.45, 2.75) is 23.4 Å². The maximum Gasteiger partial charge on any atom is 0.396 e. The zero-order valence-corrected chi connectivity index (χ0v) is 16.0. The number of carbonyl (C=O) groups excluding carboxylic acids is 1. The van der Waals surface area contributed by atoms with Crippen LogP contribution in [0.25, 0.3) is 0 Å². The van der Waals surface area contributed by atoms with Gasteiger partial charge in [0.25, 0.3) is 0 Å². The maximum absolute atomic E-state index is 13.6. The molecule has 0 radical (unpaired) electrons. The molecule has 0 bridgehead atoms. The molecule has 5 nitrogen and oxygen atoms in total. The first-order valence-electron chi connectivity index (χ1n) is 8.16. The van der Waals surface area contributed by atoms with E-state index in [-0.39, 0.29) is 16.2 Å². The number of ether oxygens (including phenoxy) is 2. The molecule has 0 saturated heterocycles. The van der Waals surface area contributed by atoms with Crippen molar-refractivity contribution in [3.63, 3.8) is 0 Å². The number of sulfone groups is 1. The van der Waals surface area contributed by atoms with Crippen LogP contribution in [0.1, 0.15) is 17.9 Å². The van der Waals surface area contributed by atoms with Gasteiger partial charge in [0.2, 0.25) is 0 Å². The van der Waals surface area contributed by atoms with Gasteiger partial charge in [-0.25, -0.2) is 8.42 Å². The summed E-state index contributed by atoms with van der Waals surface area (Å²) in [5.41, 5.74) is -0.263. The fourth-order valence-electron chi connectivity index (χ4n) is 2.72. The molecule has 1 atom stereocenters. The highest BCUT2D eigenvalue weighted by molar-refractivity contribution is 7.92. The summed E-state index contributed by atoms with van der Waals surface area (Å²) in [6.45, 7) is 0. The standard InChI is InChI=1S/C19H19F3O5S/c1-26-14-8-9-16(18(11-14)27-2)17(19(20,21)22)10-13(23)12-28(24,25)15-6-4-3-5-7-15/h3-9,11,17H,10,12H2,1-2H3/t17-/m0/s1. The van der Waals surface area contributed by atoms with Crippen LogP contribution in [0.3, 0.4) is 0 Å². The number of alkyl halides is 3. The molecule has 0 fully saturated rings. The van der Waals surface area contributed by atoms with Crippen LogP contribution in [0.5, 0.6) is 11.5 Å². The number of ketones is 1. The first-order valence-corrected chi connectivity index (χ1v) is 9.82. The van der Waals surface area contributed by atoms with Gasteiger partial charge in [-0.2, -0.15) is 13.2 Å². The Morgan fingerprint density at radius 3 is 2.21 bits per heavy atom. The van der Waals surface area contributed by atoms with Crippen molar-refractivity contribution in [1.82, 2.24) is 0 Å². The molecule has 0 saturated carbocycles.